The molecular weight excluding hydrogens is 220 g/mol. The number of nitrogens with one attached hydrogen (secondary N) is 2. The molecule has 0 saturated carbocycles. The van der Waals surface area contributed by atoms with Gasteiger partial charge in [0.1, 0.15) is 12.2 Å². The monoisotopic (exact) mass is 238 g/mol. The summed E-state index contributed by atoms with van der Waals surface area (Å²) >= 11 is 0. The minimum atomic E-state index is -0.0899. The summed E-state index contributed by atoms with van der Waals surface area (Å²) in [7, 11) is 0. The van der Waals surface area contributed by atoms with Gasteiger partial charge in [0.2, 0.25) is 5.91 Å². The van der Waals surface area contributed by atoms with E-state index in [0.29, 0.717) is 12.4 Å². The van der Waals surface area contributed by atoms with E-state index in [1.165, 1.54) is 6.33 Å². The summed E-state index contributed by atoms with van der Waals surface area (Å²) in [6.45, 7) is 6.37. The number of nitrogens with zero attached hydrogens (tertiary/aromatic N) is 2. The Bertz CT molecular complexity index is 379. The van der Waals surface area contributed by atoms with E-state index in [4.69, 9.17) is 4.74 Å². The van der Waals surface area contributed by atoms with Gasteiger partial charge in [-0.05, 0) is 19.8 Å². The molecule has 4 unspecified atom stereocenters. The fourth-order valence-corrected chi connectivity index (χ4v) is 2.32. The first-order valence-electron chi connectivity index (χ1n) is 5.87. The topological polar surface area (TPSA) is 79.9 Å². The third-order valence-electron chi connectivity index (χ3n) is 3.44. The Morgan fingerprint density at radius 3 is 2.76 bits per heavy atom. The summed E-state index contributed by atoms with van der Waals surface area (Å²) in [5, 5.41) is 9.29. The van der Waals surface area contributed by atoms with Crippen LogP contribution in [0.5, 0.6) is 0 Å². The van der Waals surface area contributed by atoms with Crippen LogP contribution in [0.4, 0.5) is 0 Å². The standard InChI is InChI=1S/C11H18N4O2/c1-6-7(2)17-8(3)10(6)11(16)12-4-9-13-5-14-15-9/h5-8,10H,4H2,1-3H3,(H,12,16)(H,13,14,15). The highest BCUT2D eigenvalue weighted by atomic mass is 16.5. The Morgan fingerprint density at radius 2 is 2.24 bits per heavy atom. The Morgan fingerprint density at radius 1 is 1.47 bits per heavy atom. The Labute approximate surface area is 100 Å². The second kappa shape index (κ2) is 4.83. The lowest BCUT2D eigenvalue weighted by Crippen LogP contribution is -2.37. The van der Waals surface area contributed by atoms with E-state index < -0.39 is 0 Å². The van der Waals surface area contributed by atoms with Gasteiger partial charge in [0.05, 0.1) is 24.7 Å². The maximum absolute atomic E-state index is 12.1. The SMILES string of the molecule is CC1OC(C)C(C(=O)NCc2ncn[nH]2)C1C. The van der Waals surface area contributed by atoms with Crippen LogP contribution in [-0.2, 0) is 16.1 Å². The number of hydrogen-bond acceptors (Lipinski definition) is 4. The molecule has 2 N–H and O–H groups in total. The van der Waals surface area contributed by atoms with E-state index in [-0.39, 0.29) is 30.0 Å². The largest absolute Gasteiger partial charge is 0.374 e. The van der Waals surface area contributed by atoms with Crippen LogP contribution in [-0.4, -0.2) is 33.3 Å². The maximum atomic E-state index is 12.1. The normalized spacial score (nSPS) is 32.6. The number of rotatable bonds is 3. The minimum Gasteiger partial charge on any atom is -0.374 e. The predicted molar refractivity (Wildman–Crippen MR) is 60.9 cm³/mol. The molecular formula is C11H18N4O2. The third kappa shape index (κ3) is 2.46. The highest BCUT2D eigenvalue weighted by Gasteiger charge is 2.41. The van der Waals surface area contributed by atoms with Gasteiger partial charge in [0, 0.05) is 0 Å². The lowest BCUT2D eigenvalue weighted by Gasteiger charge is -2.17. The summed E-state index contributed by atoms with van der Waals surface area (Å²) in [6, 6.07) is 0. The van der Waals surface area contributed by atoms with Crippen molar-refractivity contribution in [2.24, 2.45) is 11.8 Å². The first-order chi connectivity index (χ1) is 8.09. The van der Waals surface area contributed by atoms with Crippen molar-refractivity contribution in [2.45, 2.75) is 39.5 Å². The van der Waals surface area contributed by atoms with Crippen LogP contribution in [0.1, 0.15) is 26.6 Å². The zero-order valence-electron chi connectivity index (χ0n) is 10.3. The van der Waals surface area contributed by atoms with Crippen molar-refractivity contribution in [3.05, 3.63) is 12.2 Å². The van der Waals surface area contributed by atoms with Gasteiger partial charge in [-0.2, -0.15) is 5.10 Å². The van der Waals surface area contributed by atoms with E-state index in [0.717, 1.165) is 0 Å². The summed E-state index contributed by atoms with van der Waals surface area (Å²) in [5.74, 6) is 0.823. The van der Waals surface area contributed by atoms with Gasteiger partial charge in [0.25, 0.3) is 0 Å². The van der Waals surface area contributed by atoms with Gasteiger partial charge in [-0.1, -0.05) is 6.92 Å². The molecule has 17 heavy (non-hydrogen) atoms. The molecule has 6 nitrogen and oxygen atoms in total. The van der Waals surface area contributed by atoms with Crippen LogP contribution in [0.25, 0.3) is 0 Å². The number of ether oxygens (including phenoxy) is 1. The maximum Gasteiger partial charge on any atom is 0.226 e. The molecule has 2 rings (SSSR count). The van der Waals surface area contributed by atoms with Crippen molar-refractivity contribution < 1.29 is 9.53 Å². The molecule has 1 aromatic heterocycles. The van der Waals surface area contributed by atoms with Gasteiger partial charge >= 0.3 is 0 Å². The number of hydrogen-bond donors (Lipinski definition) is 2. The van der Waals surface area contributed by atoms with Gasteiger partial charge in [-0.25, -0.2) is 4.98 Å². The first-order valence-corrected chi connectivity index (χ1v) is 5.87. The first kappa shape index (κ1) is 12.0. The van der Waals surface area contributed by atoms with Crippen molar-refractivity contribution in [2.75, 3.05) is 0 Å². The summed E-state index contributed by atoms with van der Waals surface area (Å²) in [5.41, 5.74) is 0. The number of carbonyl (C=O) groups excluding carboxylic acids is 1. The average Bonchev–Trinajstić information content (AvgIpc) is 2.86. The quantitative estimate of drug-likeness (QED) is 0.802. The lowest BCUT2D eigenvalue weighted by atomic mass is 9.89. The van der Waals surface area contributed by atoms with E-state index in [1.54, 1.807) is 0 Å². The van der Waals surface area contributed by atoms with Crippen molar-refractivity contribution in [1.82, 2.24) is 20.5 Å². The lowest BCUT2D eigenvalue weighted by molar-refractivity contribution is -0.127. The van der Waals surface area contributed by atoms with Crippen LogP contribution in [0.15, 0.2) is 6.33 Å². The van der Waals surface area contributed by atoms with Crippen LogP contribution in [0.2, 0.25) is 0 Å². The molecule has 2 heterocycles. The molecule has 0 aromatic carbocycles. The molecule has 0 radical (unpaired) electrons. The van der Waals surface area contributed by atoms with Gasteiger partial charge < -0.3 is 10.1 Å². The zero-order chi connectivity index (χ0) is 12.4. The van der Waals surface area contributed by atoms with Crippen molar-refractivity contribution in [3.63, 3.8) is 0 Å². The van der Waals surface area contributed by atoms with E-state index in [2.05, 4.69) is 20.5 Å². The van der Waals surface area contributed by atoms with Gasteiger partial charge in [0.15, 0.2) is 0 Å². The van der Waals surface area contributed by atoms with E-state index >= 15 is 0 Å². The molecule has 1 aliphatic heterocycles. The fourth-order valence-electron chi connectivity index (χ4n) is 2.32. The Balaban J connectivity index is 1.91. The molecule has 4 atom stereocenters. The smallest absolute Gasteiger partial charge is 0.226 e. The second-order valence-corrected chi connectivity index (χ2v) is 4.58. The third-order valence-corrected chi connectivity index (χ3v) is 3.44. The molecule has 1 saturated heterocycles. The Hall–Kier alpha value is -1.43. The number of amides is 1. The number of aromatic nitrogens is 3. The molecule has 94 valence electrons. The highest BCUT2D eigenvalue weighted by molar-refractivity contribution is 5.79. The summed E-state index contributed by atoms with van der Waals surface area (Å²) < 4.78 is 5.65. The Kier molecular flexibility index (Phi) is 3.42. The average molecular weight is 238 g/mol. The number of H-pyrrole nitrogens is 1. The van der Waals surface area contributed by atoms with Crippen molar-refractivity contribution >= 4 is 5.91 Å². The summed E-state index contributed by atoms with van der Waals surface area (Å²) in [6.07, 6.45) is 1.52. The predicted octanol–water partition coefficient (Wildman–Crippen LogP) is 0.480. The van der Waals surface area contributed by atoms with Gasteiger partial charge in [-0.3, -0.25) is 9.89 Å². The molecule has 1 amide bonds. The summed E-state index contributed by atoms with van der Waals surface area (Å²) in [4.78, 5) is 16.0. The van der Waals surface area contributed by atoms with Gasteiger partial charge in [-0.15, -0.1) is 0 Å². The number of carbonyl (C=O) groups is 1. The molecule has 0 spiro atoms. The molecule has 1 fully saturated rings. The van der Waals surface area contributed by atoms with Crippen molar-refractivity contribution in [1.29, 1.82) is 0 Å². The van der Waals surface area contributed by atoms with Crippen molar-refractivity contribution in [3.8, 4) is 0 Å². The zero-order valence-corrected chi connectivity index (χ0v) is 10.3. The van der Waals surface area contributed by atoms with Crippen LogP contribution in [0, 0.1) is 11.8 Å². The molecule has 0 bridgehead atoms. The molecule has 6 heteroatoms. The van der Waals surface area contributed by atoms with E-state index in [1.807, 2.05) is 20.8 Å². The molecule has 1 aliphatic rings. The number of aromatic amines is 1. The molecule has 1 aromatic rings. The molecule has 0 aliphatic carbocycles. The fraction of sp³-hybridized carbons (Fsp3) is 0.727. The van der Waals surface area contributed by atoms with E-state index in [9.17, 15) is 4.79 Å². The van der Waals surface area contributed by atoms with Crippen LogP contribution in [0.3, 0.4) is 0 Å². The van der Waals surface area contributed by atoms with Crippen LogP contribution < -0.4 is 5.32 Å². The highest BCUT2D eigenvalue weighted by Crippen LogP contribution is 2.32. The minimum absolute atomic E-state index is 0.0192. The second-order valence-electron chi connectivity index (χ2n) is 4.58. The van der Waals surface area contributed by atoms with Crippen LogP contribution >= 0.6 is 0 Å².